The van der Waals surface area contributed by atoms with Crippen molar-refractivity contribution in [2.24, 2.45) is 5.92 Å². The van der Waals surface area contributed by atoms with Crippen molar-refractivity contribution in [3.63, 3.8) is 0 Å². The highest BCUT2D eigenvalue weighted by atomic mass is 19.1. The lowest BCUT2D eigenvalue weighted by Gasteiger charge is -2.31. The molecule has 1 aliphatic rings. The number of hydrogen-bond acceptors (Lipinski definition) is 2. The Morgan fingerprint density at radius 1 is 1.39 bits per heavy atom. The van der Waals surface area contributed by atoms with Gasteiger partial charge in [0.05, 0.1) is 12.1 Å². The molecule has 3 rings (SSSR count). The van der Waals surface area contributed by atoms with Crippen LogP contribution in [0.1, 0.15) is 50.3 Å². The molecule has 3 nitrogen and oxygen atoms in total. The summed E-state index contributed by atoms with van der Waals surface area (Å²) in [5, 5.41) is 0.476. The van der Waals surface area contributed by atoms with E-state index in [9.17, 15) is 13.6 Å². The van der Waals surface area contributed by atoms with Crippen molar-refractivity contribution in [2.45, 2.75) is 45.4 Å². The second kappa shape index (κ2) is 6.30. The lowest BCUT2D eigenvalue weighted by molar-refractivity contribution is -0.142. The molecule has 1 aromatic carbocycles. The molecule has 5 heteroatoms. The molecule has 0 amide bonds. The first-order chi connectivity index (χ1) is 11.0. The zero-order valence-corrected chi connectivity index (χ0v) is 13.4. The summed E-state index contributed by atoms with van der Waals surface area (Å²) in [5.74, 6) is -1.04. The molecule has 2 aromatic rings. The van der Waals surface area contributed by atoms with Gasteiger partial charge >= 0.3 is 5.97 Å². The van der Waals surface area contributed by atoms with Crippen LogP contribution in [0.25, 0.3) is 10.9 Å². The summed E-state index contributed by atoms with van der Waals surface area (Å²) in [6.45, 7) is 3.79. The zero-order valence-electron chi connectivity index (χ0n) is 13.4. The van der Waals surface area contributed by atoms with Crippen molar-refractivity contribution in [2.75, 3.05) is 6.61 Å². The third kappa shape index (κ3) is 2.96. The van der Waals surface area contributed by atoms with Crippen LogP contribution in [0, 0.1) is 17.6 Å². The van der Waals surface area contributed by atoms with E-state index in [1.54, 1.807) is 0 Å². The summed E-state index contributed by atoms with van der Waals surface area (Å²) < 4.78 is 32.9. The van der Waals surface area contributed by atoms with Crippen LogP contribution in [0.2, 0.25) is 0 Å². The fourth-order valence-corrected chi connectivity index (χ4v) is 3.82. The van der Waals surface area contributed by atoms with Gasteiger partial charge in [0.25, 0.3) is 0 Å². The third-order valence-corrected chi connectivity index (χ3v) is 4.78. The molecule has 0 fully saturated rings. The number of nitrogens with one attached hydrogen (secondary N) is 1. The van der Waals surface area contributed by atoms with Gasteiger partial charge in [-0.05, 0) is 36.8 Å². The Labute approximate surface area is 134 Å². The highest BCUT2D eigenvalue weighted by Gasteiger charge is 2.33. The number of rotatable bonds is 4. The standard InChI is InChI=1S/C18H21F2NO2/c1-3-4-11-5-6-13-17-15(20)7-12(19)8-16(17)21-18(13)14(11)9-23-10(2)22/h7-8,11,14,21H,3-6,9H2,1-2H3. The maximum atomic E-state index is 14.2. The van der Waals surface area contributed by atoms with Crippen LogP contribution in [0.5, 0.6) is 0 Å². The molecule has 124 valence electrons. The number of benzene rings is 1. The molecule has 23 heavy (non-hydrogen) atoms. The average molecular weight is 321 g/mol. The minimum Gasteiger partial charge on any atom is -0.465 e. The summed E-state index contributed by atoms with van der Waals surface area (Å²) in [5.41, 5.74) is 2.29. The van der Waals surface area contributed by atoms with E-state index in [1.165, 1.54) is 13.0 Å². The summed E-state index contributed by atoms with van der Waals surface area (Å²) in [6, 6.07) is 2.25. The summed E-state index contributed by atoms with van der Waals surface area (Å²) in [7, 11) is 0. The third-order valence-electron chi connectivity index (χ3n) is 4.78. The summed E-state index contributed by atoms with van der Waals surface area (Å²) >= 11 is 0. The molecule has 1 aliphatic carbocycles. The molecule has 0 bridgehead atoms. The van der Waals surface area contributed by atoms with Crippen LogP contribution < -0.4 is 0 Å². The first kappa shape index (κ1) is 16.0. The number of fused-ring (bicyclic) bond motifs is 3. The van der Waals surface area contributed by atoms with E-state index in [4.69, 9.17) is 4.74 Å². The molecule has 1 N–H and O–H groups in total. The molecule has 2 atom stereocenters. The maximum absolute atomic E-state index is 14.2. The monoisotopic (exact) mass is 321 g/mol. The van der Waals surface area contributed by atoms with E-state index in [1.807, 2.05) is 0 Å². The molecule has 0 spiro atoms. The van der Waals surface area contributed by atoms with E-state index in [0.29, 0.717) is 16.8 Å². The lowest BCUT2D eigenvalue weighted by atomic mass is 9.76. The number of carbonyl (C=O) groups excluding carboxylic acids is 1. The van der Waals surface area contributed by atoms with E-state index < -0.39 is 11.6 Å². The molecule has 1 aromatic heterocycles. The molecule has 0 radical (unpaired) electrons. The van der Waals surface area contributed by atoms with Gasteiger partial charge in [-0.3, -0.25) is 4.79 Å². The number of halogens is 2. The highest BCUT2D eigenvalue weighted by Crippen LogP contribution is 2.42. The Kier molecular flexibility index (Phi) is 4.37. The summed E-state index contributed by atoms with van der Waals surface area (Å²) in [4.78, 5) is 14.4. The van der Waals surface area contributed by atoms with E-state index in [0.717, 1.165) is 43.0 Å². The first-order valence-electron chi connectivity index (χ1n) is 8.14. The van der Waals surface area contributed by atoms with Crippen LogP contribution in [-0.2, 0) is 16.0 Å². The van der Waals surface area contributed by atoms with Gasteiger partial charge in [0.2, 0.25) is 0 Å². The van der Waals surface area contributed by atoms with E-state index >= 15 is 0 Å². The van der Waals surface area contributed by atoms with Crippen molar-refractivity contribution < 1.29 is 18.3 Å². The van der Waals surface area contributed by atoms with Gasteiger partial charge in [-0.15, -0.1) is 0 Å². The molecule has 0 saturated carbocycles. The lowest BCUT2D eigenvalue weighted by Crippen LogP contribution is -2.25. The normalized spacial score (nSPS) is 20.5. The quantitative estimate of drug-likeness (QED) is 0.845. The number of carbonyl (C=O) groups is 1. The van der Waals surface area contributed by atoms with Crippen molar-refractivity contribution in [3.8, 4) is 0 Å². The largest absolute Gasteiger partial charge is 0.465 e. The topological polar surface area (TPSA) is 42.1 Å². The van der Waals surface area contributed by atoms with E-state index in [2.05, 4.69) is 11.9 Å². The van der Waals surface area contributed by atoms with Gasteiger partial charge in [-0.2, -0.15) is 0 Å². The first-order valence-corrected chi connectivity index (χ1v) is 8.14. The van der Waals surface area contributed by atoms with Gasteiger partial charge in [-0.1, -0.05) is 13.3 Å². The van der Waals surface area contributed by atoms with E-state index in [-0.39, 0.29) is 18.5 Å². The molecule has 1 heterocycles. The Morgan fingerprint density at radius 2 is 2.17 bits per heavy atom. The minimum atomic E-state index is -0.588. The average Bonchev–Trinajstić information content (AvgIpc) is 2.84. The predicted octanol–water partition coefficient (Wildman–Crippen LogP) is 4.46. The number of H-pyrrole nitrogens is 1. The number of aryl methyl sites for hydroxylation is 1. The Morgan fingerprint density at radius 3 is 2.87 bits per heavy atom. The predicted molar refractivity (Wildman–Crippen MR) is 84.3 cm³/mol. The maximum Gasteiger partial charge on any atom is 0.302 e. The Balaban J connectivity index is 2.06. The summed E-state index contributed by atoms with van der Waals surface area (Å²) in [6.07, 6.45) is 3.76. The second-order valence-corrected chi connectivity index (χ2v) is 6.32. The Hall–Kier alpha value is -1.91. The zero-order chi connectivity index (χ0) is 16.6. The van der Waals surface area contributed by atoms with Crippen molar-refractivity contribution in [3.05, 3.63) is 35.0 Å². The molecular weight excluding hydrogens is 300 g/mol. The van der Waals surface area contributed by atoms with Gasteiger partial charge < -0.3 is 9.72 Å². The number of aromatic amines is 1. The number of aromatic nitrogens is 1. The smallest absolute Gasteiger partial charge is 0.302 e. The number of ether oxygens (including phenoxy) is 1. The Bertz CT molecular complexity index is 738. The molecule has 0 aliphatic heterocycles. The van der Waals surface area contributed by atoms with Crippen molar-refractivity contribution in [1.29, 1.82) is 0 Å². The van der Waals surface area contributed by atoms with Crippen LogP contribution in [0.4, 0.5) is 8.78 Å². The van der Waals surface area contributed by atoms with Gasteiger partial charge in [-0.25, -0.2) is 8.78 Å². The SMILES string of the molecule is CCCC1CCc2c([nH]c3cc(F)cc(F)c23)C1COC(C)=O. The van der Waals surface area contributed by atoms with Crippen LogP contribution in [0.15, 0.2) is 12.1 Å². The second-order valence-electron chi connectivity index (χ2n) is 6.32. The molecule has 2 unspecified atom stereocenters. The van der Waals surface area contributed by atoms with Crippen LogP contribution >= 0.6 is 0 Å². The van der Waals surface area contributed by atoms with Crippen molar-refractivity contribution >= 4 is 16.9 Å². The van der Waals surface area contributed by atoms with Crippen molar-refractivity contribution in [1.82, 2.24) is 4.98 Å². The molecule has 0 saturated heterocycles. The van der Waals surface area contributed by atoms with Gasteiger partial charge in [0, 0.05) is 30.0 Å². The minimum absolute atomic E-state index is 0.0115. The number of hydrogen-bond donors (Lipinski definition) is 1. The van der Waals surface area contributed by atoms with Crippen LogP contribution in [-0.4, -0.2) is 17.6 Å². The van der Waals surface area contributed by atoms with Crippen LogP contribution in [0.3, 0.4) is 0 Å². The fraction of sp³-hybridized carbons (Fsp3) is 0.500. The van der Waals surface area contributed by atoms with Gasteiger partial charge in [0.15, 0.2) is 0 Å². The van der Waals surface area contributed by atoms with Gasteiger partial charge in [0.1, 0.15) is 11.6 Å². The fourth-order valence-electron chi connectivity index (χ4n) is 3.82. The molecular formula is C18H21F2NO2. The highest BCUT2D eigenvalue weighted by molar-refractivity contribution is 5.86. The number of esters is 1.